The van der Waals surface area contributed by atoms with Crippen LogP contribution in [0.5, 0.6) is 0 Å². The summed E-state index contributed by atoms with van der Waals surface area (Å²) < 4.78 is 26.5. The highest BCUT2D eigenvalue weighted by Crippen LogP contribution is 2.26. The first kappa shape index (κ1) is 13.9. The molecule has 0 aliphatic rings. The van der Waals surface area contributed by atoms with E-state index in [4.69, 9.17) is 0 Å². The van der Waals surface area contributed by atoms with Crippen molar-refractivity contribution in [1.29, 1.82) is 0 Å². The molecule has 0 saturated carbocycles. The first-order chi connectivity index (χ1) is 7.91. The van der Waals surface area contributed by atoms with Crippen LogP contribution in [0.25, 0.3) is 0 Å². The Labute approximate surface area is 107 Å². The molecule has 0 radical (unpaired) electrons. The number of nitrogens with one attached hydrogen (secondary N) is 1. The van der Waals surface area contributed by atoms with E-state index in [2.05, 4.69) is 21.2 Å². The summed E-state index contributed by atoms with van der Waals surface area (Å²) >= 11 is 3.06. The largest absolute Gasteiger partial charge is 0.381 e. The second kappa shape index (κ2) is 5.95. The molecule has 1 rings (SSSR count). The highest BCUT2D eigenvalue weighted by Gasteiger charge is 2.10. The lowest BCUT2D eigenvalue weighted by Gasteiger charge is -2.12. The highest BCUT2D eigenvalue weighted by atomic mass is 79.9. The predicted molar refractivity (Wildman–Crippen MR) is 65.9 cm³/mol. The number of amides is 1. The van der Waals surface area contributed by atoms with Gasteiger partial charge in [0, 0.05) is 37.6 Å². The summed E-state index contributed by atoms with van der Waals surface area (Å²) in [7, 11) is 3.30. The molecular formula is C11H13BrF2N2O. The summed E-state index contributed by atoms with van der Waals surface area (Å²) in [6.45, 7) is 0.290. The third-order valence-electron chi connectivity index (χ3n) is 2.15. The van der Waals surface area contributed by atoms with E-state index in [0.717, 1.165) is 6.07 Å². The number of benzene rings is 1. The quantitative estimate of drug-likeness (QED) is 0.927. The number of halogens is 3. The number of hydrogen-bond acceptors (Lipinski definition) is 2. The van der Waals surface area contributed by atoms with Crippen molar-refractivity contribution in [2.75, 3.05) is 26.0 Å². The number of rotatable bonds is 4. The Morgan fingerprint density at radius 1 is 1.41 bits per heavy atom. The van der Waals surface area contributed by atoms with Crippen LogP contribution in [0.3, 0.4) is 0 Å². The van der Waals surface area contributed by atoms with Gasteiger partial charge in [0.25, 0.3) is 0 Å². The molecule has 1 amide bonds. The zero-order valence-electron chi connectivity index (χ0n) is 9.56. The van der Waals surface area contributed by atoms with Crippen molar-refractivity contribution in [3.8, 4) is 0 Å². The maximum atomic E-state index is 13.4. The van der Waals surface area contributed by atoms with Gasteiger partial charge in [-0.3, -0.25) is 4.79 Å². The van der Waals surface area contributed by atoms with Gasteiger partial charge < -0.3 is 10.2 Å². The van der Waals surface area contributed by atoms with E-state index in [1.54, 1.807) is 14.1 Å². The van der Waals surface area contributed by atoms with Crippen LogP contribution in [0.15, 0.2) is 16.6 Å². The molecule has 1 N–H and O–H groups in total. The van der Waals surface area contributed by atoms with Crippen LogP contribution in [0.2, 0.25) is 0 Å². The van der Waals surface area contributed by atoms with Gasteiger partial charge in [0.1, 0.15) is 11.6 Å². The molecule has 0 heterocycles. The standard InChI is InChI=1S/C11H13BrF2N2O/c1-16(2)10(17)3-4-15-11-8(12)5-7(13)6-9(11)14/h5-6,15H,3-4H2,1-2H3. The summed E-state index contributed by atoms with van der Waals surface area (Å²) in [6.07, 6.45) is 0.246. The van der Waals surface area contributed by atoms with Gasteiger partial charge in [0.15, 0.2) is 0 Å². The van der Waals surface area contributed by atoms with Crippen LogP contribution in [0.4, 0.5) is 14.5 Å². The molecule has 3 nitrogen and oxygen atoms in total. The Kier molecular flexibility index (Phi) is 4.86. The van der Waals surface area contributed by atoms with Crippen molar-refractivity contribution >= 4 is 27.5 Å². The van der Waals surface area contributed by atoms with Gasteiger partial charge in [-0.25, -0.2) is 8.78 Å². The molecule has 0 atom stereocenters. The molecule has 0 fully saturated rings. The Balaban J connectivity index is 2.61. The van der Waals surface area contributed by atoms with Gasteiger partial charge in [-0.05, 0) is 22.0 Å². The second-order valence-electron chi connectivity index (χ2n) is 3.71. The second-order valence-corrected chi connectivity index (χ2v) is 4.56. The van der Waals surface area contributed by atoms with E-state index in [1.807, 2.05) is 0 Å². The number of anilines is 1. The molecule has 17 heavy (non-hydrogen) atoms. The Bertz CT molecular complexity index is 401. The van der Waals surface area contributed by atoms with Crippen LogP contribution in [0.1, 0.15) is 6.42 Å². The maximum Gasteiger partial charge on any atom is 0.223 e. The zero-order chi connectivity index (χ0) is 13.0. The SMILES string of the molecule is CN(C)C(=O)CCNc1c(F)cc(F)cc1Br. The van der Waals surface area contributed by atoms with Gasteiger partial charge in [-0.1, -0.05) is 0 Å². The fourth-order valence-corrected chi connectivity index (χ4v) is 1.78. The molecule has 0 aliphatic carbocycles. The van der Waals surface area contributed by atoms with Crippen molar-refractivity contribution in [3.63, 3.8) is 0 Å². The minimum absolute atomic E-state index is 0.0591. The van der Waals surface area contributed by atoms with Gasteiger partial charge in [-0.2, -0.15) is 0 Å². The van der Waals surface area contributed by atoms with Crippen LogP contribution in [-0.2, 0) is 4.79 Å². The lowest BCUT2D eigenvalue weighted by atomic mass is 10.3. The summed E-state index contributed by atoms with van der Waals surface area (Å²) in [4.78, 5) is 12.7. The zero-order valence-corrected chi connectivity index (χ0v) is 11.1. The molecule has 0 aromatic heterocycles. The average molecular weight is 307 g/mol. The molecule has 0 bridgehead atoms. The number of carbonyl (C=O) groups is 1. The Morgan fingerprint density at radius 2 is 2.06 bits per heavy atom. The fourth-order valence-electron chi connectivity index (χ4n) is 1.23. The van der Waals surface area contributed by atoms with Crippen molar-refractivity contribution in [2.24, 2.45) is 0 Å². The number of nitrogens with zero attached hydrogens (tertiary/aromatic N) is 1. The van der Waals surface area contributed by atoms with Crippen LogP contribution >= 0.6 is 15.9 Å². The third kappa shape index (κ3) is 3.96. The fraction of sp³-hybridized carbons (Fsp3) is 0.364. The van der Waals surface area contributed by atoms with Crippen molar-refractivity contribution in [2.45, 2.75) is 6.42 Å². The Hall–Kier alpha value is -1.17. The van der Waals surface area contributed by atoms with E-state index in [1.165, 1.54) is 11.0 Å². The van der Waals surface area contributed by atoms with E-state index in [9.17, 15) is 13.6 Å². The molecule has 94 valence electrons. The first-order valence-electron chi connectivity index (χ1n) is 5.00. The first-order valence-corrected chi connectivity index (χ1v) is 5.79. The van der Waals surface area contributed by atoms with E-state index in [0.29, 0.717) is 4.47 Å². The minimum Gasteiger partial charge on any atom is -0.381 e. The topological polar surface area (TPSA) is 32.3 Å². The lowest BCUT2D eigenvalue weighted by molar-refractivity contribution is -0.128. The van der Waals surface area contributed by atoms with Crippen molar-refractivity contribution in [1.82, 2.24) is 4.90 Å². The van der Waals surface area contributed by atoms with Crippen LogP contribution < -0.4 is 5.32 Å². The predicted octanol–water partition coefficient (Wildman–Crippen LogP) is 2.62. The monoisotopic (exact) mass is 306 g/mol. The van der Waals surface area contributed by atoms with Gasteiger partial charge >= 0.3 is 0 Å². The molecule has 0 spiro atoms. The smallest absolute Gasteiger partial charge is 0.223 e. The van der Waals surface area contributed by atoms with Crippen LogP contribution in [0, 0.1) is 11.6 Å². The van der Waals surface area contributed by atoms with Gasteiger partial charge in [-0.15, -0.1) is 0 Å². The number of carbonyl (C=O) groups excluding carboxylic acids is 1. The molecular weight excluding hydrogens is 294 g/mol. The normalized spacial score (nSPS) is 10.2. The van der Waals surface area contributed by atoms with Crippen molar-refractivity contribution < 1.29 is 13.6 Å². The molecule has 0 saturated heterocycles. The highest BCUT2D eigenvalue weighted by molar-refractivity contribution is 9.10. The number of hydrogen-bond donors (Lipinski definition) is 1. The Morgan fingerprint density at radius 3 is 2.59 bits per heavy atom. The molecule has 1 aromatic rings. The third-order valence-corrected chi connectivity index (χ3v) is 2.77. The van der Waals surface area contributed by atoms with Gasteiger partial charge in [0.05, 0.1) is 5.69 Å². The molecule has 6 heteroatoms. The van der Waals surface area contributed by atoms with Gasteiger partial charge in [0.2, 0.25) is 5.91 Å². The average Bonchev–Trinajstić information content (AvgIpc) is 2.21. The maximum absolute atomic E-state index is 13.4. The molecule has 0 unspecified atom stereocenters. The summed E-state index contributed by atoms with van der Waals surface area (Å²) in [5.74, 6) is -1.39. The summed E-state index contributed by atoms with van der Waals surface area (Å²) in [5.41, 5.74) is 0.165. The van der Waals surface area contributed by atoms with E-state index >= 15 is 0 Å². The summed E-state index contributed by atoms with van der Waals surface area (Å²) in [5, 5.41) is 2.76. The minimum atomic E-state index is -0.686. The molecule has 1 aromatic carbocycles. The molecule has 0 aliphatic heterocycles. The van der Waals surface area contributed by atoms with Crippen LogP contribution in [-0.4, -0.2) is 31.4 Å². The van der Waals surface area contributed by atoms with Crippen molar-refractivity contribution in [3.05, 3.63) is 28.2 Å². The lowest BCUT2D eigenvalue weighted by Crippen LogP contribution is -2.24. The van der Waals surface area contributed by atoms with E-state index < -0.39 is 11.6 Å². The van der Waals surface area contributed by atoms with E-state index in [-0.39, 0.29) is 24.6 Å². The summed E-state index contributed by atoms with van der Waals surface area (Å²) in [6, 6.07) is 1.96.